The maximum atomic E-state index is 11.5. The molecule has 4 nitrogen and oxygen atoms in total. The molecule has 1 amide bonds. The van der Waals surface area contributed by atoms with Gasteiger partial charge in [0.1, 0.15) is 0 Å². The van der Waals surface area contributed by atoms with Crippen LogP contribution in [0.4, 0.5) is 0 Å². The molecule has 4 heteroatoms. The van der Waals surface area contributed by atoms with Crippen molar-refractivity contribution in [1.82, 2.24) is 10.5 Å². The molecule has 4 rings (SSSR count). The number of aryl methyl sites for hydroxylation is 1. The Morgan fingerprint density at radius 3 is 2.91 bits per heavy atom. The zero-order valence-electron chi connectivity index (χ0n) is 12.7. The average Bonchev–Trinajstić information content (AvgIpc) is 3.04. The van der Waals surface area contributed by atoms with Gasteiger partial charge in [0, 0.05) is 22.7 Å². The van der Waals surface area contributed by atoms with Gasteiger partial charge in [-0.3, -0.25) is 10.0 Å². The number of hydrogen-bond acceptors (Lipinski definition) is 2. The van der Waals surface area contributed by atoms with Gasteiger partial charge < -0.3 is 4.98 Å². The Morgan fingerprint density at radius 2 is 2.04 bits per heavy atom. The Labute approximate surface area is 134 Å². The van der Waals surface area contributed by atoms with Crippen molar-refractivity contribution in [3.05, 3.63) is 70.9 Å². The van der Waals surface area contributed by atoms with Gasteiger partial charge in [-0.1, -0.05) is 24.3 Å². The molecule has 0 saturated heterocycles. The summed E-state index contributed by atoms with van der Waals surface area (Å²) in [5, 5.41) is 10.1. The summed E-state index contributed by atoms with van der Waals surface area (Å²) in [5.74, 6) is 0.0442. The highest BCUT2D eigenvalue weighted by molar-refractivity contribution is 5.93. The Balaban J connectivity index is 1.65. The van der Waals surface area contributed by atoms with Gasteiger partial charge in [0.05, 0.1) is 0 Å². The molecule has 1 aromatic heterocycles. The molecule has 0 spiro atoms. The zero-order valence-corrected chi connectivity index (χ0v) is 12.7. The minimum absolute atomic E-state index is 0.452. The molecule has 116 valence electrons. The van der Waals surface area contributed by atoms with Gasteiger partial charge >= 0.3 is 0 Å². The lowest BCUT2D eigenvalue weighted by molar-refractivity contribution is 0.0706. The highest BCUT2D eigenvalue weighted by atomic mass is 16.5. The van der Waals surface area contributed by atoms with Crippen LogP contribution in [0.3, 0.4) is 0 Å². The summed E-state index contributed by atoms with van der Waals surface area (Å²) in [6.45, 7) is 0. The standard InChI is InChI=1S/C19H18N2O2/c22-19(21-23)15-8-6-12-9-14(7-5-13(12)10-15)17-11-20-18-4-2-1-3-16(17)18/h1-4,6,8,10-11,14,20,23H,5,7,9H2,(H,21,22). The first kappa shape index (κ1) is 14.0. The van der Waals surface area contributed by atoms with Crippen LogP contribution in [0.25, 0.3) is 10.9 Å². The molecule has 2 aromatic carbocycles. The molecule has 1 heterocycles. The molecule has 1 atom stereocenters. The number of carbonyl (C=O) groups is 1. The van der Waals surface area contributed by atoms with Crippen LogP contribution in [0.15, 0.2) is 48.7 Å². The molecule has 0 aliphatic heterocycles. The second-order valence-corrected chi connectivity index (χ2v) is 6.15. The monoisotopic (exact) mass is 306 g/mol. The first-order chi connectivity index (χ1) is 11.3. The van der Waals surface area contributed by atoms with Crippen molar-refractivity contribution in [1.29, 1.82) is 0 Å². The lowest BCUT2D eigenvalue weighted by Gasteiger charge is -2.25. The van der Waals surface area contributed by atoms with Crippen LogP contribution < -0.4 is 5.48 Å². The number of rotatable bonds is 2. The van der Waals surface area contributed by atoms with Crippen molar-refractivity contribution in [2.24, 2.45) is 0 Å². The summed E-state index contributed by atoms with van der Waals surface area (Å²) in [7, 11) is 0. The maximum Gasteiger partial charge on any atom is 0.274 e. The van der Waals surface area contributed by atoms with E-state index < -0.39 is 5.91 Å². The van der Waals surface area contributed by atoms with Gasteiger partial charge in [-0.2, -0.15) is 0 Å². The summed E-state index contributed by atoms with van der Waals surface area (Å²) in [5.41, 5.74) is 7.27. The number of para-hydroxylation sites is 1. The zero-order chi connectivity index (χ0) is 15.8. The molecule has 1 aliphatic carbocycles. The number of hydrogen-bond donors (Lipinski definition) is 3. The number of benzene rings is 2. The van der Waals surface area contributed by atoms with Gasteiger partial charge in [0.25, 0.3) is 5.91 Å². The molecular formula is C19H18N2O2. The minimum atomic E-state index is -0.452. The van der Waals surface area contributed by atoms with Crippen molar-refractivity contribution in [3.8, 4) is 0 Å². The van der Waals surface area contributed by atoms with E-state index in [-0.39, 0.29) is 0 Å². The number of hydroxylamine groups is 1. The highest BCUT2D eigenvalue weighted by Gasteiger charge is 2.23. The van der Waals surface area contributed by atoms with Crippen LogP contribution in [0, 0.1) is 0 Å². The summed E-state index contributed by atoms with van der Waals surface area (Å²) < 4.78 is 0. The SMILES string of the molecule is O=C(NO)c1ccc2c(c1)CCC(c1c[nH]c3ccccc13)C2. The average molecular weight is 306 g/mol. The first-order valence-corrected chi connectivity index (χ1v) is 7.88. The molecule has 1 unspecified atom stereocenters. The van der Waals surface area contributed by atoms with E-state index in [2.05, 4.69) is 29.4 Å². The Kier molecular flexibility index (Phi) is 3.39. The van der Waals surface area contributed by atoms with Crippen molar-refractivity contribution in [2.45, 2.75) is 25.2 Å². The van der Waals surface area contributed by atoms with Gasteiger partial charge in [-0.05, 0) is 60.1 Å². The second kappa shape index (κ2) is 5.56. The van der Waals surface area contributed by atoms with Crippen LogP contribution in [0.2, 0.25) is 0 Å². The topological polar surface area (TPSA) is 65.1 Å². The summed E-state index contributed by atoms with van der Waals surface area (Å²) >= 11 is 0. The Morgan fingerprint density at radius 1 is 1.17 bits per heavy atom. The lowest BCUT2D eigenvalue weighted by Crippen LogP contribution is -2.20. The number of amides is 1. The van der Waals surface area contributed by atoms with Crippen molar-refractivity contribution in [2.75, 3.05) is 0 Å². The van der Waals surface area contributed by atoms with Crippen molar-refractivity contribution >= 4 is 16.8 Å². The van der Waals surface area contributed by atoms with Gasteiger partial charge in [0.2, 0.25) is 0 Å². The number of carbonyl (C=O) groups excluding carboxylic acids is 1. The van der Waals surface area contributed by atoms with Crippen LogP contribution >= 0.6 is 0 Å². The Hall–Kier alpha value is -2.59. The van der Waals surface area contributed by atoms with Crippen LogP contribution in [0.5, 0.6) is 0 Å². The predicted molar refractivity (Wildman–Crippen MR) is 88.8 cm³/mol. The second-order valence-electron chi connectivity index (χ2n) is 6.15. The molecule has 3 N–H and O–H groups in total. The number of aromatic nitrogens is 1. The van der Waals surface area contributed by atoms with E-state index >= 15 is 0 Å². The van der Waals surface area contributed by atoms with E-state index in [0.717, 1.165) is 19.3 Å². The van der Waals surface area contributed by atoms with Gasteiger partial charge in [-0.15, -0.1) is 0 Å². The largest absolute Gasteiger partial charge is 0.361 e. The van der Waals surface area contributed by atoms with E-state index in [1.807, 2.05) is 18.2 Å². The smallest absolute Gasteiger partial charge is 0.274 e. The molecule has 0 radical (unpaired) electrons. The summed E-state index contributed by atoms with van der Waals surface area (Å²) in [6, 6.07) is 14.1. The fraction of sp³-hybridized carbons (Fsp3) is 0.211. The summed E-state index contributed by atoms with van der Waals surface area (Å²) in [6.07, 6.45) is 5.14. The first-order valence-electron chi connectivity index (χ1n) is 7.88. The highest BCUT2D eigenvalue weighted by Crippen LogP contribution is 2.36. The van der Waals surface area contributed by atoms with Crippen LogP contribution in [-0.2, 0) is 12.8 Å². The lowest BCUT2D eigenvalue weighted by atomic mass is 9.79. The van der Waals surface area contributed by atoms with Gasteiger partial charge in [0.15, 0.2) is 0 Å². The molecule has 3 aromatic rings. The van der Waals surface area contributed by atoms with E-state index in [4.69, 9.17) is 5.21 Å². The fourth-order valence-corrected chi connectivity index (χ4v) is 3.66. The van der Waals surface area contributed by atoms with Crippen LogP contribution in [0.1, 0.15) is 39.4 Å². The maximum absolute atomic E-state index is 11.5. The van der Waals surface area contributed by atoms with E-state index in [0.29, 0.717) is 11.5 Å². The normalized spacial score (nSPS) is 17.0. The number of aromatic amines is 1. The molecule has 23 heavy (non-hydrogen) atoms. The summed E-state index contributed by atoms with van der Waals surface area (Å²) in [4.78, 5) is 14.9. The van der Waals surface area contributed by atoms with Gasteiger partial charge in [-0.25, -0.2) is 5.48 Å². The van der Waals surface area contributed by atoms with E-state index in [1.54, 1.807) is 11.5 Å². The molecular weight excluding hydrogens is 288 g/mol. The molecule has 1 aliphatic rings. The van der Waals surface area contributed by atoms with E-state index in [1.165, 1.54) is 27.6 Å². The van der Waals surface area contributed by atoms with Crippen LogP contribution in [-0.4, -0.2) is 16.1 Å². The fourth-order valence-electron chi connectivity index (χ4n) is 3.66. The molecule has 0 bridgehead atoms. The third kappa shape index (κ3) is 2.41. The number of fused-ring (bicyclic) bond motifs is 2. The Bertz CT molecular complexity index is 882. The molecule has 0 saturated carbocycles. The quantitative estimate of drug-likeness (QED) is 0.500. The number of nitrogens with one attached hydrogen (secondary N) is 2. The third-order valence-electron chi connectivity index (χ3n) is 4.86. The third-order valence-corrected chi connectivity index (χ3v) is 4.86. The number of H-pyrrole nitrogens is 1. The van der Waals surface area contributed by atoms with Crippen molar-refractivity contribution < 1.29 is 10.0 Å². The minimum Gasteiger partial charge on any atom is -0.361 e. The molecule has 0 fully saturated rings. The predicted octanol–water partition coefficient (Wildman–Crippen LogP) is 3.56. The van der Waals surface area contributed by atoms with Crippen molar-refractivity contribution in [3.63, 3.8) is 0 Å². The van der Waals surface area contributed by atoms with E-state index in [9.17, 15) is 4.79 Å².